The normalized spacial score (nSPS) is 20.0. The standard InChI is InChI=1S/C17H16N4O2S/c22-16-14(24-17(23)20-16)9-11-4-5-13-12(8-11)15(19-10-18-13)21-6-2-1-3-7-21/h4-5,8-10H,1-3,6-7H2,(H,20,22,23). The number of nitrogens with one attached hydrogen (secondary N) is 1. The number of rotatable bonds is 2. The summed E-state index contributed by atoms with van der Waals surface area (Å²) < 4.78 is 0. The summed E-state index contributed by atoms with van der Waals surface area (Å²) in [6.45, 7) is 2.01. The summed E-state index contributed by atoms with van der Waals surface area (Å²) in [6, 6.07) is 5.82. The topological polar surface area (TPSA) is 75.2 Å². The number of carbonyl (C=O) groups excluding carboxylic acids is 2. The molecule has 2 amide bonds. The fourth-order valence-electron chi connectivity index (χ4n) is 3.08. The fourth-order valence-corrected chi connectivity index (χ4v) is 3.76. The summed E-state index contributed by atoms with van der Waals surface area (Å²) in [5, 5.41) is 2.92. The van der Waals surface area contributed by atoms with Gasteiger partial charge in [0.05, 0.1) is 10.4 Å². The number of thioether (sulfide) groups is 1. The van der Waals surface area contributed by atoms with Crippen molar-refractivity contribution in [2.75, 3.05) is 18.0 Å². The average molecular weight is 340 g/mol. The van der Waals surface area contributed by atoms with Crippen LogP contribution in [0.25, 0.3) is 17.0 Å². The summed E-state index contributed by atoms with van der Waals surface area (Å²) in [6.07, 6.45) is 6.94. The molecule has 0 bridgehead atoms. The summed E-state index contributed by atoms with van der Waals surface area (Å²) in [7, 11) is 0. The highest BCUT2D eigenvalue weighted by Crippen LogP contribution is 2.29. The van der Waals surface area contributed by atoms with Gasteiger partial charge in [-0.2, -0.15) is 0 Å². The second-order valence-electron chi connectivity index (χ2n) is 5.87. The molecule has 2 fully saturated rings. The van der Waals surface area contributed by atoms with Crippen molar-refractivity contribution >= 4 is 45.7 Å². The minimum atomic E-state index is -0.342. The second-order valence-corrected chi connectivity index (χ2v) is 6.89. The lowest BCUT2D eigenvalue weighted by molar-refractivity contribution is -0.115. The molecule has 7 heteroatoms. The zero-order valence-corrected chi connectivity index (χ0v) is 13.8. The van der Waals surface area contributed by atoms with Crippen LogP contribution in [0.15, 0.2) is 29.4 Å². The number of aromatic nitrogens is 2. The zero-order chi connectivity index (χ0) is 16.5. The lowest BCUT2D eigenvalue weighted by atomic mass is 10.1. The van der Waals surface area contributed by atoms with E-state index in [0.717, 1.165) is 47.1 Å². The molecule has 24 heavy (non-hydrogen) atoms. The first-order valence-corrected chi connectivity index (χ1v) is 8.77. The van der Waals surface area contributed by atoms with Crippen LogP contribution >= 0.6 is 11.8 Å². The molecule has 0 unspecified atom stereocenters. The Morgan fingerprint density at radius 2 is 1.96 bits per heavy atom. The second kappa shape index (κ2) is 6.24. The molecule has 6 nitrogen and oxygen atoms in total. The van der Waals surface area contributed by atoms with Crippen LogP contribution in [0, 0.1) is 0 Å². The van der Waals surface area contributed by atoms with Crippen LogP contribution < -0.4 is 10.2 Å². The van der Waals surface area contributed by atoms with Crippen LogP contribution in [-0.4, -0.2) is 34.2 Å². The van der Waals surface area contributed by atoms with Gasteiger partial charge in [0, 0.05) is 18.5 Å². The molecule has 2 aliphatic heterocycles. The molecule has 1 aromatic heterocycles. The van der Waals surface area contributed by atoms with Crippen molar-refractivity contribution in [3.05, 3.63) is 35.0 Å². The number of benzene rings is 1. The summed E-state index contributed by atoms with van der Waals surface area (Å²) in [4.78, 5) is 34.5. The lowest BCUT2D eigenvalue weighted by Gasteiger charge is -2.28. The molecule has 0 aliphatic carbocycles. The maximum absolute atomic E-state index is 11.7. The molecule has 2 aliphatic rings. The maximum atomic E-state index is 11.7. The van der Waals surface area contributed by atoms with E-state index in [1.807, 2.05) is 18.2 Å². The number of hydrogen-bond donors (Lipinski definition) is 1. The number of amides is 2. The number of piperidine rings is 1. The summed E-state index contributed by atoms with van der Waals surface area (Å²) in [5.74, 6) is 0.602. The van der Waals surface area contributed by atoms with Gasteiger partial charge in [0.1, 0.15) is 12.1 Å². The van der Waals surface area contributed by atoms with E-state index in [9.17, 15) is 9.59 Å². The monoisotopic (exact) mass is 340 g/mol. The van der Waals surface area contributed by atoms with Gasteiger partial charge in [-0.15, -0.1) is 0 Å². The predicted molar refractivity (Wildman–Crippen MR) is 94.7 cm³/mol. The Morgan fingerprint density at radius 1 is 1.12 bits per heavy atom. The Bertz CT molecular complexity index is 859. The van der Waals surface area contributed by atoms with E-state index >= 15 is 0 Å². The van der Waals surface area contributed by atoms with Gasteiger partial charge in [0.15, 0.2) is 0 Å². The van der Waals surface area contributed by atoms with Crippen LogP contribution in [0.4, 0.5) is 10.6 Å². The molecule has 4 rings (SSSR count). The number of fused-ring (bicyclic) bond motifs is 1. The van der Waals surface area contributed by atoms with Gasteiger partial charge in [0.2, 0.25) is 0 Å². The molecule has 2 saturated heterocycles. The van der Waals surface area contributed by atoms with Crippen molar-refractivity contribution in [1.29, 1.82) is 0 Å². The Balaban J connectivity index is 1.75. The molecule has 3 heterocycles. The Labute approximate surface area is 143 Å². The lowest BCUT2D eigenvalue weighted by Crippen LogP contribution is -2.30. The smallest absolute Gasteiger partial charge is 0.290 e. The first kappa shape index (κ1) is 15.1. The number of anilines is 1. The third-order valence-electron chi connectivity index (χ3n) is 4.23. The molecular weight excluding hydrogens is 324 g/mol. The summed E-state index contributed by atoms with van der Waals surface area (Å²) in [5.41, 5.74) is 1.75. The molecule has 0 atom stereocenters. The molecule has 2 aromatic rings. The van der Waals surface area contributed by atoms with E-state index in [1.54, 1.807) is 12.4 Å². The molecular formula is C17H16N4O2S. The molecule has 122 valence electrons. The number of nitrogens with zero attached hydrogens (tertiary/aromatic N) is 3. The predicted octanol–water partition coefficient (Wildman–Crippen LogP) is 2.94. The third-order valence-corrected chi connectivity index (χ3v) is 5.04. The van der Waals surface area contributed by atoms with Gasteiger partial charge in [-0.05, 0) is 54.8 Å². The zero-order valence-electron chi connectivity index (χ0n) is 13.0. The maximum Gasteiger partial charge on any atom is 0.290 e. The highest BCUT2D eigenvalue weighted by atomic mass is 32.2. The van der Waals surface area contributed by atoms with E-state index in [4.69, 9.17) is 0 Å². The van der Waals surface area contributed by atoms with E-state index < -0.39 is 0 Å². The average Bonchev–Trinajstić information content (AvgIpc) is 2.92. The molecule has 0 spiro atoms. The molecule has 0 radical (unpaired) electrons. The van der Waals surface area contributed by atoms with Crippen molar-refractivity contribution in [2.45, 2.75) is 19.3 Å². The van der Waals surface area contributed by atoms with Gasteiger partial charge in [-0.3, -0.25) is 14.9 Å². The quantitative estimate of drug-likeness (QED) is 0.847. The van der Waals surface area contributed by atoms with Gasteiger partial charge >= 0.3 is 0 Å². The fraction of sp³-hybridized carbons (Fsp3) is 0.294. The number of hydrogen-bond acceptors (Lipinski definition) is 6. The highest BCUT2D eigenvalue weighted by Gasteiger charge is 2.25. The van der Waals surface area contributed by atoms with E-state index in [0.29, 0.717) is 4.91 Å². The Kier molecular flexibility index (Phi) is 3.93. The van der Waals surface area contributed by atoms with Crippen LogP contribution in [-0.2, 0) is 4.79 Å². The molecule has 1 N–H and O–H groups in total. The first-order valence-electron chi connectivity index (χ1n) is 7.95. The Hall–Kier alpha value is -2.41. The SMILES string of the molecule is O=C1NC(=O)C(=Cc2ccc3ncnc(N4CCCCC4)c3c2)S1. The van der Waals surface area contributed by atoms with Crippen molar-refractivity contribution in [1.82, 2.24) is 15.3 Å². The van der Waals surface area contributed by atoms with Crippen molar-refractivity contribution in [2.24, 2.45) is 0 Å². The molecule has 1 aromatic carbocycles. The minimum absolute atomic E-state index is 0.329. The summed E-state index contributed by atoms with van der Waals surface area (Å²) >= 11 is 0.926. The molecule has 0 saturated carbocycles. The van der Waals surface area contributed by atoms with Crippen molar-refractivity contribution in [3.63, 3.8) is 0 Å². The van der Waals surface area contributed by atoms with Crippen LogP contribution in [0.1, 0.15) is 24.8 Å². The van der Waals surface area contributed by atoms with Crippen LogP contribution in [0.2, 0.25) is 0 Å². The highest BCUT2D eigenvalue weighted by molar-refractivity contribution is 8.18. The van der Waals surface area contributed by atoms with Crippen molar-refractivity contribution in [3.8, 4) is 0 Å². The first-order chi connectivity index (χ1) is 11.7. The van der Waals surface area contributed by atoms with Crippen LogP contribution in [0.5, 0.6) is 0 Å². The minimum Gasteiger partial charge on any atom is -0.356 e. The number of imide groups is 1. The van der Waals surface area contributed by atoms with Gasteiger partial charge in [-0.1, -0.05) is 6.07 Å². The Morgan fingerprint density at radius 3 is 2.71 bits per heavy atom. The van der Waals surface area contributed by atoms with E-state index in [2.05, 4.69) is 20.2 Å². The van der Waals surface area contributed by atoms with Gasteiger partial charge in [0.25, 0.3) is 11.1 Å². The van der Waals surface area contributed by atoms with Gasteiger partial charge < -0.3 is 4.90 Å². The van der Waals surface area contributed by atoms with Gasteiger partial charge in [-0.25, -0.2) is 9.97 Å². The van der Waals surface area contributed by atoms with E-state index in [1.165, 1.54) is 19.3 Å². The van der Waals surface area contributed by atoms with E-state index in [-0.39, 0.29) is 11.1 Å². The largest absolute Gasteiger partial charge is 0.356 e. The van der Waals surface area contributed by atoms with Crippen LogP contribution in [0.3, 0.4) is 0 Å². The number of carbonyl (C=O) groups is 2. The van der Waals surface area contributed by atoms with Crippen molar-refractivity contribution < 1.29 is 9.59 Å². The third kappa shape index (κ3) is 2.87.